The molecule has 1 aliphatic carbocycles. The minimum atomic E-state index is -1.43. The van der Waals surface area contributed by atoms with Gasteiger partial charge in [-0.3, -0.25) is 14.7 Å². The maximum atomic E-state index is 13.3. The van der Waals surface area contributed by atoms with Crippen molar-refractivity contribution in [3.8, 4) is 0 Å². The van der Waals surface area contributed by atoms with E-state index in [1.54, 1.807) is 20.8 Å². The van der Waals surface area contributed by atoms with Gasteiger partial charge in [-0.25, -0.2) is 4.39 Å². The number of H-pyrrole nitrogens is 2. The number of halogens is 1. The first kappa shape index (κ1) is 17.4. The molecule has 0 fully saturated rings. The lowest BCUT2D eigenvalue weighted by Crippen LogP contribution is -2.50. The first-order valence-electron chi connectivity index (χ1n) is 8.18. The van der Waals surface area contributed by atoms with Crippen LogP contribution in [-0.4, -0.2) is 33.0 Å². The van der Waals surface area contributed by atoms with E-state index in [1.165, 1.54) is 24.3 Å². The zero-order valence-corrected chi connectivity index (χ0v) is 14.3. The largest absolute Gasteiger partial charge is 0.463 e. The molecule has 134 valence electrons. The molecule has 3 N–H and O–H groups in total. The normalized spacial score (nSPS) is 25.7. The summed E-state index contributed by atoms with van der Waals surface area (Å²) >= 11 is 0. The highest BCUT2D eigenvalue weighted by atomic mass is 19.1. The Morgan fingerprint density at radius 1 is 1.32 bits per heavy atom. The number of aromatic amines is 2. The molecule has 1 aromatic heterocycles. The fourth-order valence-corrected chi connectivity index (χ4v) is 3.59. The number of carbonyl (C=O) groups excluding carboxylic acids is 1. The summed E-state index contributed by atoms with van der Waals surface area (Å²) in [4.78, 5) is 25.1. The molecule has 3 atom stereocenters. The summed E-state index contributed by atoms with van der Waals surface area (Å²) in [7, 11) is 0. The molecule has 0 amide bonds. The molecular weight excluding hydrogens is 327 g/mol. The molecule has 1 aromatic carbocycles. The van der Waals surface area contributed by atoms with Gasteiger partial charge in [0.2, 0.25) is 0 Å². The maximum absolute atomic E-state index is 13.3. The number of aromatic nitrogens is 2. The minimum absolute atomic E-state index is 0.108. The van der Waals surface area contributed by atoms with Crippen LogP contribution in [0.2, 0.25) is 0 Å². The summed E-state index contributed by atoms with van der Waals surface area (Å²) < 4.78 is 18.7. The van der Waals surface area contributed by atoms with Crippen molar-refractivity contribution in [3.63, 3.8) is 0 Å². The van der Waals surface area contributed by atoms with Crippen LogP contribution in [0.25, 0.3) is 0 Å². The number of carbonyl (C=O) groups is 1. The Labute approximate surface area is 144 Å². The Hall–Kier alpha value is -2.41. The fourth-order valence-electron chi connectivity index (χ4n) is 3.59. The summed E-state index contributed by atoms with van der Waals surface area (Å²) in [5, 5.41) is 16.2. The van der Waals surface area contributed by atoms with Crippen LogP contribution in [0.1, 0.15) is 43.5 Å². The van der Waals surface area contributed by atoms with Crippen LogP contribution in [-0.2, 0) is 16.0 Å². The zero-order valence-electron chi connectivity index (χ0n) is 14.3. The topological polar surface area (TPSA) is 95.2 Å². The van der Waals surface area contributed by atoms with Gasteiger partial charge in [-0.2, -0.15) is 0 Å². The number of fused-ring (bicyclic) bond motifs is 1. The number of benzene rings is 1. The van der Waals surface area contributed by atoms with Gasteiger partial charge in [-0.05, 0) is 38.5 Å². The quantitative estimate of drug-likeness (QED) is 0.738. The van der Waals surface area contributed by atoms with Gasteiger partial charge in [-0.1, -0.05) is 12.1 Å². The van der Waals surface area contributed by atoms with Crippen LogP contribution in [0.5, 0.6) is 0 Å². The number of hydrogen-bond acceptors (Lipinski definition) is 4. The monoisotopic (exact) mass is 348 g/mol. The molecule has 6 nitrogen and oxygen atoms in total. The lowest BCUT2D eigenvalue weighted by atomic mass is 9.66. The van der Waals surface area contributed by atoms with Crippen LogP contribution in [0.4, 0.5) is 4.39 Å². The lowest BCUT2D eigenvalue weighted by Gasteiger charge is -2.40. The van der Waals surface area contributed by atoms with Crippen molar-refractivity contribution < 1.29 is 19.0 Å². The lowest BCUT2D eigenvalue weighted by molar-refractivity contribution is -0.163. The van der Waals surface area contributed by atoms with E-state index in [1.807, 2.05) is 0 Å². The van der Waals surface area contributed by atoms with Crippen LogP contribution in [0, 0.1) is 11.7 Å². The summed E-state index contributed by atoms with van der Waals surface area (Å²) in [6.45, 7) is 4.98. The Kier molecular flexibility index (Phi) is 4.28. The highest BCUT2D eigenvalue weighted by Gasteiger charge is 2.51. The number of nitrogens with one attached hydrogen (secondary N) is 2. The molecule has 2 aromatic rings. The SMILES string of the molecule is CC(C)OC(=O)[C@@H]1[C@H](c2ccc(F)cc2)c2c([nH][nH]c2=O)C[C@]1(C)O. The van der Waals surface area contributed by atoms with Crippen molar-refractivity contribution in [1.29, 1.82) is 0 Å². The predicted molar refractivity (Wildman–Crippen MR) is 88.7 cm³/mol. The van der Waals surface area contributed by atoms with Crippen molar-refractivity contribution in [2.45, 2.75) is 44.8 Å². The smallest absolute Gasteiger partial charge is 0.313 e. The Bertz CT molecular complexity index is 836. The van der Waals surface area contributed by atoms with Crippen LogP contribution in [0.3, 0.4) is 0 Å². The highest BCUT2D eigenvalue weighted by Crippen LogP contribution is 2.44. The van der Waals surface area contributed by atoms with E-state index in [4.69, 9.17) is 4.74 Å². The van der Waals surface area contributed by atoms with Crippen LogP contribution in [0.15, 0.2) is 29.1 Å². The van der Waals surface area contributed by atoms with Gasteiger partial charge in [0.15, 0.2) is 0 Å². The molecule has 25 heavy (non-hydrogen) atoms. The first-order chi connectivity index (χ1) is 11.7. The Balaban J connectivity index is 2.18. The van der Waals surface area contributed by atoms with Crippen molar-refractivity contribution >= 4 is 5.97 Å². The molecule has 0 aliphatic heterocycles. The number of rotatable bonds is 3. The van der Waals surface area contributed by atoms with E-state index < -0.39 is 29.2 Å². The molecule has 3 rings (SSSR count). The summed E-state index contributed by atoms with van der Waals surface area (Å²) in [6.07, 6.45) is -0.250. The zero-order chi connectivity index (χ0) is 18.4. The first-order valence-corrected chi connectivity index (χ1v) is 8.18. The molecule has 0 radical (unpaired) electrons. The number of ether oxygens (including phenoxy) is 1. The average Bonchev–Trinajstić information content (AvgIpc) is 2.85. The van der Waals surface area contributed by atoms with Crippen LogP contribution >= 0.6 is 0 Å². The molecule has 0 bridgehead atoms. The van der Waals surface area contributed by atoms with E-state index in [2.05, 4.69) is 10.2 Å². The van der Waals surface area contributed by atoms with Crippen molar-refractivity contribution in [2.75, 3.05) is 0 Å². The van der Waals surface area contributed by atoms with Crippen LogP contribution < -0.4 is 5.56 Å². The molecule has 7 heteroatoms. The highest BCUT2D eigenvalue weighted by molar-refractivity contribution is 5.77. The minimum Gasteiger partial charge on any atom is -0.463 e. The second-order valence-corrected chi connectivity index (χ2v) is 7.00. The van der Waals surface area contributed by atoms with Crippen molar-refractivity contribution in [1.82, 2.24) is 10.2 Å². The Morgan fingerprint density at radius 3 is 2.56 bits per heavy atom. The molecule has 1 aliphatic rings. The van der Waals surface area contributed by atoms with E-state index in [9.17, 15) is 19.1 Å². The third kappa shape index (κ3) is 3.11. The van der Waals surface area contributed by atoms with Crippen molar-refractivity contribution in [2.24, 2.45) is 5.92 Å². The number of aliphatic hydroxyl groups is 1. The summed E-state index contributed by atoms with van der Waals surface area (Å²) in [5.74, 6) is -2.72. The van der Waals surface area contributed by atoms with Gasteiger partial charge in [0, 0.05) is 23.6 Å². The van der Waals surface area contributed by atoms with E-state index in [0.29, 0.717) is 16.8 Å². The second kappa shape index (κ2) is 6.15. The summed E-state index contributed by atoms with van der Waals surface area (Å²) in [6, 6.07) is 5.58. The molecule has 0 spiro atoms. The fraction of sp³-hybridized carbons (Fsp3) is 0.444. The summed E-state index contributed by atoms with van der Waals surface area (Å²) in [5.41, 5.74) is -0.300. The van der Waals surface area contributed by atoms with Gasteiger partial charge in [-0.15, -0.1) is 0 Å². The standard InChI is InChI=1S/C18H21FN2O4/c1-9(2)25-17(23)15-13(10-4-6-11(19)7-5-10)14-12(8-18(15,3)24)20-21-16(14)22/h4-7,9,13,15,24H,8H2,1-3H3,(H2,20,21,22)/t13-,15+,18+/m1/s1. The van der Waals surface area contributed by atoms with Gasteiger partial charge in [0.05, 0.1) is 17.6 Å². The maximum Gasteiger partial charge on any atom is 0.313 e. The third-order valence-electron chi connectivity index (χ3n) is 4.58. The Morgan fingerprint density at radius 2 is 1.96 bits per heavy atom. The van der Waals surface area contributed by atoms with E-state index in [-0.39, 0.29) is 18.1 Å². The number of esters is 1. The molecule has 0 saturated carbocycles. The number of hydrogen-bond donors (Lipinski definition) is 3. The third-order valence-corrected chi connectivity index (χ3v) is 4.58. The molecule has 0 saturated heterocycles. The predicted octanol–water partition coefficient (Wildman–Crippen LogP) is 1.85. The molecular formula is C18H21FN2O4. The van der Waals surface area contributed by atoms with E-state index >= 15 is 0 Å². The van der Waals surface area contributed by atoms with Gasteiger partial charge in [0.1, 0.15) is 5.82 Å². The molecule has 0 unspecified atom stereocenters. The van der Waals surface area contributed by atoms with Crippen molar-refractivity contribution in [3.05, 3.63) is 57.3 Å². The van der Waals surface area contributed by atoms with Gasteiger partial charge < -0.3 is 14.9 Å². The van der Waals surface area contributed by atoms with Gasteiger partial charge >= 0.3 is 5.97 Å². The second-order valence-electron chi connectivity index (χ2n) is 7.00. The average molecular weight is 348 g/mol. The van der Waals surface area contributed by atoms with Gasteiger partial charge in [0.25, 0.3) is 5.56 Å². The molecule has 1 heterocycles. The van der Waals surface area contributed by atoms with E-state index in [0.717, 1.165) is 0 Å².